The Morgan fingerprint density at radius 1 is 1.10 bits per heavy atom. The Balaban J connectivity index is 2.31. The van der Waals surface area contributed by atoms with E-state index >= 15 is 0 Å². The van der Waals surface area contributed by atoms with Gasteiger partial charge < -0.3 is 10.4 Å². The Hall–Kier alpha value is -2.33. The first-order valence-corrected chi connectivity index (χ1v) is 6.26. The second kappa shape index (κ2) is 5.75. The number of amides is 1. The lowest BCUT2D eigenvalue weighted by Gasteiger charge is -2.07. The summed E-state index contributed by atoms with van der Waals surface area (Å²) < 4.78 is 0. The summed E-state index contributed by atoms with van der Waals surface area (Å²) >= 11 is 5.76. The second-order valence-electron chi connectivity index (χ2n) is 4.25. The van der Waals surface area contributed by atoms with Gasteiger partial charge >= 0.3 is 0 Å². The number of halogens is 1. The summed E-state index contributed by atoms with van der Waals surface area (Å²) in [6, 6.07) is 10.8. The largest absolute Gasteiger partial charge is 0.507 e. The highest BCUT2D eigenvalue weighted by atomic mass is 35.5. The Labute approximate surface area is 121 Å². The van der Waals surface area contributed by atoms with Crippen LogP contribution >= 0.6 is 11.6 Å². The van der Waals surface area contributed by atoms with Crippen molar-refractivity contribution in [3.63, 3.8) is 0 Å². The van der Waals surface area contributed by atoms with Crippen LogP contribution in [0.4, 0.5) is 5.69 Å². The van der Waals surface area contributed by atoms with E-state index in [-0.39, 0.29) is 23.0 Å². The summed E-state index contributed by atoms with van der Waals surface area (Å²) in [5, 5.41) is 13.0. The molecule has 20 heavy (non-hydrogen) atoms. The predicted molar refractivity (Wildman–Crippen MR) is 77.3 cm³/mol. The van der Waals surface area contributed by atoms with Gasteiger partial charge in [-0.1, -0.05) is 11.6 Å². The molecule has 0 radical (unpaired) electrons. The minimum absolute atomic E-state index is 0.168. The Morgan fingerprint density at radius 3 is 2.30 bits per heavy atom. The SMILES string of the molecule is CC(=O)Nc1ccc(C(=O)c2ccc(Cl)cc2)c(O)c1. The molecule has 0 aromatic heterocycles. The van der Waals surface area contributed by atoms with E-state index in [2.05, 4.69) is 5.32 Å². The van der Waals surface area contributed by atoms with Crippen molar-refractivity contribution in [2.24, 2.45) is 0 Å². The molecule has 0 aliphatic carbocycles. The normalized spacial score (nSPS) is 10.1. The first-order valence-electron chi connectivity index (χ1n) is 5.88. The van der Waals surface area contributed by atoms with Gasteiger partial charge in [0.2, 0.25) is 5.91 Å². The average Bonchev–Trinajstić information content (AvgIpc) is 2.38. The van der Waals surface area contributed by atoms with Crippen LogP contribution in [0.5, 0.6) is 5.75 Å². The zero-order valence-electron chi connectivity index (χ0n) is 10.7. The monoisotopic (exact) mass is 289 g/mol. The van der Waals surface area contributed by atoms with E-state index in [0.717, 1.165) is 0 Å². The molecule has 0 unspecified atom stereocenters. The van der Waals surface area contributed by atoms with Gasteiger partial charge in [0, 0.05) is 29.3 Å². The van der Waals surface area contributed by atoms with Gasteiger partial charge in [-0.2, -0.15) is 0 Å². The van der Waals surface area contributed by atoms with Crippen LogP contribution in [-0.2, 0) is 4.79 Å². The lowest BCUT2D eigenvalue weighted by atomic mass is 10.0. The van der Waals surface area contributed by atoms with Gasteiger partial charge in [0.25, 0.3) is 0 Å². The highest BCUT2D eigenvalue weighted by Crippen LogP contribution is 2.25. The Bertz CT molecular complexity index is 665. The van der Waals surface area contributed by atoms with Crippen molar-refractivity contribution in [3.05, 3.63) is 58.6 Å². The number of aromatic hydroxyl groups is 1. The van der Waals surface area contributed by atoms with Crippen LogP contribution in [0, 0.1) is 0 Å². The van der Waals surface area contributed by atoms with Crippen LogP contribution < -0.4 is 5.32 Å². The molecule has 2 aromatic carbocycles. The van der Waals surface area contributed by atoms with E-state index in [1.54, 1.807) is 30.3 Å². The number of hydrogen-bond acceptors (Lipinski definition) is 3. The third-order valence-corrected chi connectivity index (χ3v) is 2.92. The lowest BCUT2D eigenvalue weighted by Crippen LogP contribution is -2.07. The molecule has 0 spiro atoms. The fourth-order valence-corrected chi connectivity index (χ4v) is 1.89. The van der Waals surface area contributed by atoms with Gasteiger partial charge in [0.05, 0.1) is 5.56 Å². The van der Waals surface area contributed by atoms with Gasteiger partial charge in [-0.05, 0) is 36.4 Å². The van der Waals surface area contributed by atoms with Gasteiger partial charge in [0.1, 0.15) is 5.75 Å². The molecule has 0 heterocycles. The van der Waals surface area contributed by atoms with E-state index in [1.807, 2.05) is 0 Å². The summed E-state index contributed by atoms with van der Waals surface area (Å²) in [5.41, 5.74) is 1.03. The van der Waals surface area contributed by atoms with Crippen LogP contribution in [0.25, 0.3) is 0 Å². The zero-order valence-corrected chi connectivity index (χ0v) is 11.4. The van der Waals surface area contributed by atoms with Crippen molar-refractivity contribution in [2.45, 2.75) is 6.92 Å². The smallest absolute Gasteiger partial charge is 0.221 e. The topological polar surface area (TPSA) is 66.4 Å². The van der Waals surface area contributed by atoms with Gasteiger partial charge in [-0.15, -0.1) is 0 Å². The highest BCUT2D eigenvalue weighted by Gasteiger charge is 2.14. The molecule has 102 valence electrons. The number of hydrogen-bond donors (Lipinski definition) is 2. The maximum atomic E-state index is 12.2. The summed E-state index contributed by atoms with van der Waals surface area (Å²) in [4.78, 5) is 23.1. The lowest BCUT2D eigenvalue weighted by molar-refractivity contribution is -0.114. The first kappa shape index (κ1) is 14.1. The van der Waals surface area contributed by atoms with Crippen LogP contribution in [0.2, 0.25) is 5.02 Å². The standard InChI is InChI=1S/C15H12ClNO3/c1-9(18)17-12-6-7-13(14(19)8-12)15(20)10-2-4-11(16)5-3-10/h2-8,19H,1H3,(H,17,18). The van der Waals surface area contributed by atoms with Crippen molar-refractivity contribution in [1.82, 2.24) is 0 Å². The van der Waals surface area contributed by atoms with Crippen molar-refractivity contribution >= 4 is 29.0 Å². The molecule has 0 saturated carbocycles. The van der Waals surface area contributed by atoms with E-state index in [9.17, 15) is 14.7 Å². The van der Waals surface area contributed by atoms with E-state index in [0.29, 0.717) is 16.3 Å². The number of rotatable bonds is 3. The van der Waals surface area contributed by atoms with Gasteiger partial charge in [0.15, 0.2) is 5.78 Å². The van der Waals surface area contributed by atoms with E-state index in [4.69, 9.17) is 11.6 Å². The molecule has 0 saturated heterocycles. The molecular formula is C15H12ClNO3. The summed E-state index contributed by atoms with van der Waals surface area (Å²) in [7, 11) is 0. The quantitative estimate of drug-likeness (QED) is 0.853. The molecule has 0 aliphatic rings. The molecule has 0 aliphatic heterocycles. The molecule has 1 amide bonds. The van der Waals surface area contributed by atoms with Crippen molar-refractivity contribution in [1.29, 1.82) is 0 Å². The average molecular weight is 290 g/mol. The minimum Gasteiger partial charge on any atom is -0.507 e. The number of phenols is 1. The Morgan fingerprint density at radius 2 is 1.75 bits per heavy atom. The molecule has 0 bridgehead atoms. The summed E-state index contributed by atoms with van der Waals surface area (Å²) in [6.45, 7) is 1.36. The van der Waals surface area contributed by atoms with Crippen molar-refractivity contribution in [2.75, 3.05) is 5.32 Å². The third kappa shape index (κ3) is 3.16. The second-order valence-corrected chi connectivity index (χ2v) is 4.69. The molecule has 5 heteroatoms. The Kier molecular flexibility index (Phi) is 4.05. The summed E-state index contributed by atoms with van der Waals surface area (Å²) in [5.74, 6) is -0.745. The molecule has 2 aromatic rings. The van der Waals surface area contributed by atoms with Gasteiger partial charge in [-0.3, -0.25) is 9.59 Å². The number of phenolic OH excluding ortho intramolecular Hbond substituents is 1. The van der Waals surface area contributed by atoms with Crippen LogP contribution in [0.3, 0.4) is 0 Å². The van der Waals surface area contributed by atoms with Crippen LogP contribution in [0.1, 0.15) is 22.8 Å². The number of anilines is 1. The predicted octanol–water partition coefficient (Wildman–Crippen LogP) is 3.24. The highest BCUT2D eigenvalue weighted by molar-refractivity contribution is 6.30. The number of nitrogens with one attached hydrogen (secondary N) is 1. The molecule has 4 nitrogen and oxygen atoms in total. The maximum Gasteiger partial charge on any atom is 0.221 e. The first-order chi connectivity index (χ1) is 9.47. The number of ketones is 1. The third-order valence-electron chi connectivity index (χ3n) is 2.67. The fourth-order valence-electron chi connectivity index (χ4n) is 1.76. The fraction of sp³-hybridized carbons (Fsp3) is 0.0667. The summed E-state index contributed by atoms with van der Waals surface area (Å²) in [6.07, 6.45) is 0. The van der Waals surface area contributed by atoms with Crippen molar-refractivity contribution in [3.8, 4) is 5.75 Å². The molecule has 0 atom stereocenters. The molecule has 2 rings (SSSR count). The van der Waals surface area contributed by atoms with Gasteiger partial charge in [-0.25, -0.2) is 0 Å². The molecule has 0 fully saturated rings. The van der Waals surface area contributed by atoms with Crippen molar-refractivity contribution < 1.29 is 14.7 Å². The minimum atomic E-state index is -0.312. The van der Waals surface area contributed by atoms with Crippen LogP contribution in [-0.4, -0.2) is 16.8 Å². The maximum absolute atomic E-state index is 12.2. The molecule has 2 N–H and O–H groups in total. The number of carbonyl (C=O) groups is 2. The van der Waals surface area contributed by atoms with E-state index in [1.165, 1.54) is 19.1 Å². The van der Waals surface area contributed by atoms with Crippen LogP contribution in [0.15, 0.2) is 42.5 Å². The number of carbonyl (C=O) groups excluding carboxylic acids is 2. The number of benzene rings is 2. The zero-order chi connectivity index (χ0) is 14.7. The van der Waals surface area contributed by atoms with E-state index < -0.39 is 0 Å². The molecular weight excluding hydrogens is 278 g/mol.